The molecule has 0 atom stereocenters. The maximum absolute atomic E-state index is 12.9. The number of hydrogen-bond donors (Lipinski definition) is 0. The average Bonchev–Trinajstić information content (AvgIpc) is 3.09. The van der Waals surface area contributed by atoms with Crippen molar-refractivity contribution < 1.29 is 23.6 Å². The normalized spacial score (nSPS) is 18.0. The smallest absolute Gasteiger partial charge is 0.316 e. The Morgan fingerprint density at radius 2 is 1.82 bits per heavy atom. The Morgan fingerprint density at radius 1 is 1.12 bits per heavy atom. The van der Waals surface area contributed by atoms with E-state index in [1.54, 1.807) is 0 Å². The van der Waals surface area contributed by atoms with E-state index < -0.39 is 13.5 Å². The van der Waals surface area contributed by atoms with Crippen molar-refractivity contribution in [3.05, 3.63) is 41.2 Å². The van der Waals surface area contributed by atoms with E-state index in [-0.39, 0.29) is 12.8 Å². The number of hydrogen-bond acceptors (Lipinski definition) is 4. The van der Waals surface area contributed by atoms with Crippen molar-refractivity contribution in [3.63, 3.8) is 0 Å². The van der Waals surface area contributed by atoms with Gasteiger partial charge in [-0.3, -0.25) is 4.79 Å². The number of carbonyl (C=O) groups excluding carboxylic acids is 1. The van der Waals surface area contributed by atoms with Crippen molar-refractivity contribution >= 4 is 25.3 Å². The fraction of sp³-hybridized carbons (Fsp3) is 0.556. The number of fused-ring (bicyclic) bond motifs is 4. The van der Waals surface area contributed by atoms with Crippen molar-refractivity contribution in [1.29, 1.82) is 0 Å². The Hall–Kier alpha value is -2.34. The lowest BCUT2D eigenvalue weighted by Gasteiger charge is -2.24. The minimum absolute atomic E-state index is 0.188. The summed E-state index contributed by atoms with van der Waals surface area (Å²) in [4.78, 5) is 12.9. The summed E-state index contributed by atoms with van der Waals surface area (Å²) in [6, 6.07) is 5.31. The number of esters is 1. The maximum atomic E-state index is 12.9. The summed E-state index contributed by atoms with van der Waals surface area (Å²) in [5.41, 5.74) is 5.41. The molecule has 0 saturated heterocycles. The van der Waals surface area contributed by atoms with Gasteiger partial charge in [0.1, 0.15) is 12.3 Å². The van der Waals surface area contributed by atoms with E-state index in [9.17, 15) is 4.79 Å². The lowest BCUT2D eigenvalue weighted by atomic mass is 9.87. The highest BCUT2D eigenvalue weighted by Crippen LogP contribution is 2.42. The highest BCUT2D eigenvalue weighted by atomic mass is 28.3. The van der Waals surface area contributed by atoms with Gasteiger partial charge in [0.2, 0.25) is 6.79 Å². The highest BCUT2D eigenvalue weighted by molar-refractivity contribution is 6.76. The Kier molecular flexibility index (Phi) is 6.34. The van der Waals surface area contributed by atoms with Gasteiger partial charge >= 0.3 is 5.97 Å². The van der Waals surface area contributed by atoms with Crippen molar-refractivity contribution in [2.45, 2.75) is 72.1 Å². The van der Waals surface area contributed by atoms with Crippen LogP contribution >= 0.6 is 0 Å². The van der Waals surface area contributed by atoms with Crippen molar-refractivity contribution in [3.8, 4) is 11.5 Å². The van der Waals surface area contributed by atoms with Crippen molar-refractivity contribution in [1.82, 2.24) is 0 Å². The Balaban J connectivity index is 1.82. The van der Waals surface area contributed by atoms with E-state index >= 15 is 0 Å². The van der Waals surface area contributed by atoms with Gasteiger partial charge in [0.15, 0.2) is 23.8 Å². The molecule has 178 valence electrons. The number of rotatable bonds is 5. The minimum Gasteiger partial charge on any atom is -0.454 e. The first-order valence-corrected chi connectivity index (χ1v) is 15.8. The Labute approximate surface area is 199 Å². The monoisotopic (exact) mass is 468 g/mol. The topological polar surface area (TPSA) is 47.8 Å². The third kappa shape index (κ3) is 5.26. The van der Waals surface area contributed by atoms with Crippen LogP contribution in [0.2, 0.25) is 25.7 Å². The molecule has 0 bridgehead atoms. The molecule has 0 spiro atoms. The first-order chi connectivity index (χ1) is 15.4. The summed E-state index contributed by atoms with van der Waals surface area (Å²) in [6.07, 6.45) is 3.61. The van der Waals surface area contributed by atoms with E-state index in [4.69, 9.17) is 14.2 Å². The van der Waals surface area contributed by atoms with Crippen LogP contribution in [-0.2, 0) is 16.0 Å². The second-order valence-electron chi connectivity index (χ2n) is 11.8. The van der Waals surface area contributed by atoms with Gasteiger partial charge in [-0.05, 0) is 62.1 Å². The molecule has 2 heterocycles. The van der Waals surface area contributed by atoms with Gasteiger partial charge in [0, 0.05) is 27.3 Å². The summed E-state index contributed by atoms with van der Waals surface area (Å²) >= 11 is 0. The third-order valence-corrected chi connectivity index (χ3v) is 7.87. The molecule has 2 aliphatic heterocycles. The largest absolute Gasteiger partial charge is 0.454 e. The predicted molar refractivity (Wildman–Crippen MR) is 135 cm³/mol. The summed E-state index contributed by atoms with van der Waals surface area (Å²) in [7, 11) is -1.24. The van der Waals surface area contributed by atoms with Gasteiger partial charge in [0.05, 0.1) is 11.0 Å². The highest BCUT2D eigenvalue weighted by Gasteiger charge is 2.36. The minimum atomic E-state index is -1.24. The summed E-state index contributed by atoms with van der Waals surface area (Å²) < 4.78 is 20.0. The lowest BCUT2D eigenvalue weighted by Crippen LogP contribution is -2.30. The van der Waals surface area contributed by atoms with Crippen LogP contribution in [0.25, 0.3) is 5.57 Å². The second-order valence-corrected chi connectivity index (χ2v) is 17.2. The van der Waals surface area contributed by atoms with E-state index in [0.29, 0.717) is 0 Å². The van der Waals surface area contributed by atoms with Crippen LogP contribution in [0.4, 0.5) is 0 Å². The molecular formula is C27H38NO4Si+. The van der Waals surface area contributed by atoms with Crippen LogP contribution in [0.3, 0.4) is 0 Å². The molecule has 0 aromatic heterocycles. The van der Waals surface area contributed by atoms with Gasteiger partial charge < -0.3 is 14.2 Å². The quantitative estimate of drug-likeness (QED) is 0.237. The zero-order chi connectivity index (χ0) is 24.0. The Bertz CT molecular complexity index is 1050. The van der Waals surface area contributed by atoms with Crippen LogP contribution in [0, 0.1) is 5.41 Å². The average molecular weight is 469 g/mol. The molecule has 0 unspecified atom stereocenters. The van der Waals surface area contributed by atoms with E-state index in [1.807, 2.05) is 20.8 Å². The molecule has 0 saturated carbocycles. The number of allylic oxidation sites excluding steroid dienone is 2. The first-order valence-electron chi connectivity index (χ1n) is 12.1. The molecule has 0 fully saturated rings. The molecule has 1 aromatic rings. The summed E-state index contributed by atoms with van der Waals surface area (Å²) in [5.74, 6) is 2.17. The molecule has 4 rings (SSSR count). The van der Waals surface area contributed by atoms with Crippen molar-refractivity contribution in [2.75, 3.05) is 19.9 Å². The number of ether oxygens (including phenoxy) is 3. The van der Waals surface area contributed by atoms with E-state index in [0.717, 1.165) is 73.2 Å². The van der Waals surface area contributed by atoms with E-state index in [1.165, 1.54) is 16.8 Å². The van der Waals surface area contributed by atoms with Crippen LogP contribution in [0.15, 0.2) is 30.0 Å². The molecule has 1 aromatic carbocycles. The molecule has 0 N–H and O–H groups in total. The van der Waals surface area contributed by atoms with Crippen LogP contribution in [0.1, 0.15) is 51.2 Å². The molecule has 0 amide bonds. The first kappa shape index (κ1) is 23.8. The van der Waals surface area contributed by atoms with Crippen LogP contribution in [-0.4, -0.2) is 44.2 Å². The fourth-order valence-electron chi connectivity index (χ4n) is 4.88. The lowest BCUT2D eigenvalue weighted by molar-refractivity contribution is -0.519. The summed E-state index contributed by atoms with van der Waals surface area (Å²) in [5, 5.41) is 0. The van der Waals surface area contributed by atoms with Gasteiger partial charge in [-0.15, -0.1) is 0 Å². The van der Waals surface area contributed by atoms with Crippen LogP contribution in [0.5, 0.6) is 11.5 Å². The van der Waals surface area contributed by atoms with Gasteiger partial charge in [-0.2, -0.15) is 0 Å². The third-order valence-electron chi connectivity index (χ3n) is 6.31. The number of carbonyl (C=O) groups is 1. The van der Waals surface area contributed by atoms with Crippen molar-refractivity contribution in [2.24, 2.45) is 5.41 Å². The predicted octanol–water partition coefficient (Wildman–Crippen LogP) is 5.80. The number of nitrogens with zero attached hydrogens (tertiary/aromatic N) is 1. The standard InChI is InChI=1S/C27H38NO4Si/c1-18(16-33(5,6)7)15-28-12-11-19-13-23-24(31-17-30-23)14-20(19)25-21(28)9-8-10-22(25)32-26(29)27(2,3)4/h13-14H,1,8-12,15-17H2,2-7H3/q+1. The SMILES string of the molecule is C=C(C[N+]1=C2CCCC(OC(=O)C(C)(C)C)=C2c2cc3c(cc2CC1)OCO3)C[Si](C)(C)C. The second kappa shape index (κ2) is 8.78. The van der Waals surface area contributed by atoms with Gasteiger partial charge in [0.25, 0.3) is 0 Å². The molecular weight excluding hydrogens is 430 g/mol. The van der Waals surface area contributed by atoms with Crippen LogP contribution < -0.4 is 9.47 Å². The Morgan fingerprint density at radius 3 is 2.48 bits per heavy atom. The maximum Gasteiger partial charge on any atom is 0.316 e. The van der Waals surface area contributed by atoms with E-state index in [2.05, 4.69) is 42.9 Å². The summed E-state index contributed by atoms with van der Waals surface area (Å²) in [6.45, 7) is 19.3. The molecule has 6 heteroatoms. The van der Waals surface area contributed by atoms with Gasteiger partial charge in [-0.1, -0.05) is 26.2 Å². The zero-order valence-electron chi connectivity index (χ0n) is 21.1. The molecule has 5 nitrogen and oxygen atoms in total. The molecule has 33 heavy (non-hydrogen) atoms. The number of benzene rings is 1. The zero-order valence-corrected chi connectivity index (χ0v) is 22.1. The molecule has 1 aliphatic carbocycles. The fourth-order valence-corrected chi connectivity index (χ4v) is 6.49. The molecule has 0 radical (unpaired) electrons. The molecule has 3 aliphatic rings. The van der Waals surface area contributed by atoms with Gasteiger partial charge in [-0.25, -0.2) is 4.58 Å².